The Balaban J connectivity index is 3.31. The van der Waals surface area contributed by atoms with E-state index in [9.17, 15) is 4.79 Å². The Kier molecular flexibility index (Phi) is 4.91. The molecule has 5 nitrogen and oxygen atoms in total. The number of aliphatic carboxylic acids is 1. The van der Waals surface area contributed by atoms with Crippen molar-refractivity contribution >= 4 is 5.97 Å². The topological polar surface area (TPSA) is 75.8 Å². The number of rotatable bonds is 5. The van der Waals surface area contributed by atoms with Gasteiger partial charge in [0.2, 0.25) is 0 Å². The summed E-state index contributed by atoms with van der Waals surface area (Å²) in [6, 6.07) is 2.51. The molecule has 0 bridgehead atoms. The molecular weight excluding hydrogens is 244 g/mol. The molecule has 0 aromatic heterocycles. The van der Waals surface area contributed by atoms with Gasteiger partial charge < -0.3 is 20.5 Å². The number of aryl methyl sites for hydroxylation is 2. The van der Waals surface area contributed by atoms with Gasteiger partial charge in [-0.3, -0.25) is 4.79 Å². The number of carboxylic acids is 1. The van der Waals surface area contributed by atoms with Crippen LogP contribution in [0.25, 0.3) is 0 Å². The summed E-state index contributed by atoms with van der Waals surface area (Å²) in [4.78, 5) is 13.0. The van der Waals surface area contributed by atoms with Crippen LogP contribution in [0.4, 0.5) is 0 Å². The Morgan fingerprint density at radius 2 is 1.89 bits per heavy atom. The van der Waals surface area contributed by atoms with Crippen molar-refractivity contribution in [3.05, 3.63) is 28.8 Å². The Labute approximate surface area is 114 Å². The first-order valence-corrected chi connectivity index (χ1v) is 6.09. The van der Waals surface area contributed by atoms with Gasteiger partial charge in [0.15, 0.2) is 0 Å². The average molecular weight is 266 g/mol. The molecule has 1 aromatic rings. The maximum atomic E-state index is 11.2. The largest absolute Gasteiger partial charge is 0.496 e. The molecular formula is C14H22N2O3. The lowest BCUT2D eigenvalue weighted by molar-refractivity contribution is -0.140. The average Bonchev–Trinajstić information content (AvgIpc) is 2.32. The van der Waals surface area contributed by atoms with E-state index in [1.807, 2.05) is 45.0 Å². The molecule has 0 amide bonds. The van der Waals surface area contributed by atoms with Crippen LogP contribution < -0.4 is 10.5 Å². The molecule has 1 aromatic carbocycles. The quantitative estimate of drug-likeness (QED) is 0.840. The highest BCUT2D eigenvalue weighted by atomic mass is 16.5. The molecule has 2 unspecified atom stereocenters. The van der Waals surface area contributed by atoms with Crippen LogP contribution in [0.1, 0.15) is 22.7 Å². The van der Waals surface area contributed by atoms with Crippen molar-refractivity contribution in [2.24, 2.45) is 5.73 Å². The zero-order valence-electron chi connectivity index (χ0n) is 12.1. The number of nitrogens with two attached hydrogens (primary N) is 1. The van der Waals surface area contributed by atoms with Gasteiger partial charge in [-0.05, 0) is 50.7 Å². The molecule has 106 valence electrons. The third-order valence-corrected chi connectivity index (χ3v) is 3.28. The zero-order chi connectivity index (χ0) is 14.7. The smallest absolute Gasteiger partial charge is 0.322 e. The number of carboxylic acid groups (broad SMARTS) is 1. The van der Waals surface area contributed by atoms with Crippen molar-refractivity contribution in [2.75, 3.05) is 21.2 Å². The number of methoxy groups -OCH3 is 1. The van der Waals surface area contributed by atoms with E-state index in [4.69, 9.17) is 15.6 Å². The zero-order valence-corrected chi connectivity index (χ0v) is 12.1. The van der Waals surface area contributed by atoms with Crippen molar-refractivity contribution in [3.8, 4) is 5.75 Å². The first-order chi connectivity index (χ1) is 8.79. The Hall–Kier alpha value is -1.59. The predicted molar refractivity (Wildman–Crippen MR) is 74.5 cm³/mol. The highest BCUT2D eigenvalue weighted by Crippen LogP contribution is 2.30. The number of hydrogen-bond acceptors (Lipinski definition) is 4. The molecule has 0 aliphatic heterocycles. The van der Waals surface area contributed by atoms with Crippen LogP contribution in [0.5, 0.6) is 5.75 Å². The highest BCUT2D eigenvalue weighted by Gasteiger charge is 2.29. The summed E-state index contributed by atoms with van der Waals surface area (Å²) in [6.07, 6.45) is 0. The third kappa shape index (κ3) is 3.24. The molecule has 0 saturated carbocycles. The summed E-state index contributed by atoms with van der Waals surface area (Å²) in [6.45, 7) is 3.86. The molecule has 0 fully saturated rings. The standard InChI is InChI=1S/C14H22N2O3/c1-8-7-11(19-5)9(2)6-10(8)13(16(3)4)12(15)14(17)18/h6-7,12-13H,15H2,1-5H3,(H,17,18). The summed E-state index contributed by atoms with van der Waals surface area (Å²) in [5.41, 5.74) is 8.66. The van der Waals surface area contributed by atoms with Crippen LogP contribution in [-0.4, -0.2) is 43.2 Å². The first kappa shape index (κ1) is 15.5. The van der Waals surface area contributed by atoms with E-state index >= 15 is 0 Å². The summed E-state index contributed by atoms with van der Waals surface area (Å²) in [5.74, 6) is -0.214. The van der Waals surface area contributed by atoms with Gasteiger partial charge in [0.05, 0.1) is 13.2 Å². The fourth-order valence-electron chi connectivity index (χ4n) is 2.28. The molecule has 0 radical (unpaired) electrons. The normalized spacial score (nSPS) is 14.3. The summed E-state index contributed by atoms with van der Waals surface area (Å²) in [5, 5.41) is 9.15. The SMILES string of the molecule is COc1cc(C)c(C(C(N)C(=O)O)N(C)C)cc1C. The van der Waals surface area contributed by atoms with Crippen molar-refractivity contribution in [1.29, 1.82) is 0 Å². The molecule has 1 rings (SSSR count). The summed E-state index contributed by atoms with van der Waals surface area (Å²) in [7, 11) is 5.27. The molecule has 0 heterocycles. The predicted octanol–water partition coefficient (Wildman–Crippen LogP) is 1.33. The summed E-state index contributed by atoms with van der Waals surface area (Å²) >= 11 is 0. The lowest BCUT2D eigenvalue weighted by atomic mass is 9.93. The van der Waals surface area contributed by atoms with E-state index in [2.05, 4.69) is 0 Å². The Morgan fingerprint density at radius 1 is 1.32 bits per heavy atom. The molecule has 0 saturated heterocycles. The number of benzene rings is 1. The highest BCUT2D eigenvalue weighted by molar-refractivity contribution is 5.74. The lowest BCUT2D eigenvalue weighted by Crippen LogP contribution is -2.43. The van der Waals surface area contributed by atoms with Crippen LogP contribution >= 0.6 is 0 Å². The second-order valence-corrected chi connectivity index (χ2v) is 4.95. The van der Waals surface area contributed by atoms with Crippen molar-refractivity contribution in [2.45, 2.75) is 25.9 Å². The van der Waals surface area contributed by atoms with E-state index in [0.29, 0.717) is 0 Å². The third-order valence-electron chi connectivity index (χ3n) is 3.28. The van der Waals surface area contributed by atoms with Crippen molar-refractivity contribution < 1.29 is 14.6 Å². The number of carbonyl (C=O) groups is 1. The number of nitrogens with zero attached hydrogens (tertiary/aromatic N) is 1. The van der Waals surface area contributed by atoms with Gasteiger partial charge in [0, 0.05) is 0 Å². The van der Waals surface area contributed by atoms with Crippen LogP contribution in [-0.2, 0) is 4.79 Å². The van der Waals surface area contributed by atoms with E-state index < -0.39 is 12.0 Å². The lowest BCUT2D eigenvalue weighted by Gasteiger charge is -2.29. The van der Waals surface area contributed by atoms with E-state index in [-0.39, 0.29) is 6.04 Å². The second-order valence-electron chi connectivity index (χ2n) is 4.95. The molecule has 3 N–H and O–H groups in total. The number of ether oxygens (including phenoxy) is 1. The fourth-order valence-corrected chi connectivity index (χ4v) is 2.28. The van der Waals surface area contributed by atoms with Crippen LogP contribution in [0.15, 0.2) is 12.1 Å². The van der Waals surface area contributed by atoms with Crippen LogP contribution in [0, 0.1) is 13.8 Å². The molecule has 0 aliphatic rings. The monoisotopic (exact) mass is 266 g/mol. The van der Waals surface area contributed by atoms with Gasteiger partial charge in [-0.2, -0.15) is 0 Å². The maximum absolute atomic E-state index is 11.2. The van der Waals surface area contributed by atoms with Gasteiger partial charge in [-0.25, -0.2) is 0 Å². The Bertz CT molecular complexity index is 472. The van der Waals surface area contributed by atoms with Gasteiger partial charge >= 0.3 is 5.97 Å². The molecule has 0 aliphatic carbocycles. The summed E-state index contributed by atoms with van der Waals surface area (Å²) < 4.78 is 5.27. The van der Waals surface area contributed by atoms with Crippen molar-refractivity contribution in [1.82, 2.24) is 4.90 Å². The van der Waals surface area contributed by atoms with Gasteiger partial charge in [-0.15, -0.1) is 0 Å². The van der Waals surface area contributed by atoms with E-state index in [1.54, 1.807) is 7.11 Å². The van der Waals surface area contributed by atoms with Gasteiger partial charge in [0.1, 0.15) is 11.8 Å². The Morgan fingerprint density at radius 3 is 2.32 bits per heavy atom. The molecule has 19 heavy (non-hydrogen) atoms. The van der Waals surface area contributed by atoms with Gasteiger partial charge in [0.25, 0.3) is 0 Å². The van der Waals surface area contributed by atoms with Gasteiger partial charge in [-0.1, -0.05) is 6.07 Å². The van der Waals surface area contributed by atoms with E-state index in [0.717, 1.165) is 22.4 Å². The fraction of sp³-hybridized carbons (Fsp3) is 0.500. The molecule has 5 heteroatoms. The maximum Gasteiger partial charge on any atom is 0.322 e. The minimum Gasteiger partial charge on any atom is -0.496 e. The minimum absolute atomic E-state index is 0.373. The van der Waals surface area contributed by atoms with Crippen LogP contribution in [0.3, 0.4) is 0 Å². The molecule has 2 atom stereocenters. The minimum atomic E-state index is -1.01. The second kappa shape index (κ2) is 6.04. The number of hydrogen-bond donors (Lipinski definition) is 2. The van der Waals surface area contributed by atoms with E-state index in [1.165, 1.54) is 0 Å². The number of likely N-dealkylation sites (N-methyl/N-ethyl adjacent to an activating group) is 1. The first-order valence-electron chi connectivity index (χ1n) is 6.09. The van der Waals surface area contributed by atoms with Crippen molar-refractivity contribution in [3.63, 3.8) is 0 Å². The molecule has 0 spiro atoms. The van der Waals surface area contributed by atoms with Crippen LogP contribution in [0.2, 0.25) is 0 Å².